The smallest absolute Gasteiger partial charge is 0.322 e. The van der Waals surface area contributed by atoms with E-state index in [4.69, 9.17) is 4.42 Å². The molecule has 3 amide bonds. The predicted octanol–water partition coefficient (Wildman–Crippen LogP) is 1.59. The van der Waals surface area contributed by atoms with E-state index in [9.17, 15) is 9.59 Å². The van der Waals surface area contributed by atoms with Crippen LogP contribution in [0.25, 0.3) is 0 Å². The van der Waals surface area contributed by atoms with Gasteiger partial charge < -0.3 is 14.6 Å². The van der Waals surface area contributed by atoms with E-state index in [1.54, 1.807) is 6.07 Å². The average Bonchev–Trinajstić information content (AvgIpc) is 3.01. The van der Waals surface area contributed by atoms with Gasteiger partial charge in [-0.05, 0) is 39.9 Å². The Bertz CT molecular complexity index is 712. The molecule has 0 aliphatic carbocycles. The molecule has 2 fully saturated rings. The summed E-state index contributed by atoms with van der Waals surface area (Å²) in [4.78, 5) is 32.6. The number of urea groups is 1. The van der Waals surface area contributed by atoms with E-state index in [0.717, 1.165) is 45.0 Å². The first kappa shape index (κ1) is 18.6. The van der Waals surface area contributed by atoms with Gasteiger partial charge in [0.15, 0.2) is 6.04 Å². The number of nitrogens with zero attached hydrogens (tertiary/aromatic N) is 3. The molecule has 0 aromatic carbocycles. The third kappa shape index (κ3) is 4.31. The normalized spacial score (nSPS) is 23.0. The zero-order valence-corrected chi connectivity index (χ0v) is 15.7. The molecule has 0 saturated carbocycles. The Morgan fingerprint density at radius 3 is 2.69 bits per heavy atom. The number of carbonyl (C=O) groups excluding carboxylic acids is 2. The van der Waals surface area contributed by atoms with Crippen LogP contribution in [0, 0.1) is 6.92 Å². The minimum absolute atomic E-state index is 0.402. The van der Waals surface area contributed by atoms with Crippen LogP contribution < -0.4 is 10.6 Å². The molecule has 1 aromatic heterocycles. The van der Waals surface area contributed by atoms with E-state index < -0.39 is 18.0 Å². The standard InChI is InChI=1S/C18H27N5O3/c1-4-22-6-5-7-23(9-8-22)11-12(2)19-14-10-15(26-13(14)3)16-17(24)21-18(25)20-16/h10,16H,4-9,11H2,1-3H3,(H2,20,21,24,25). The molecule has 2 aliphatic heterocycles. The number of aliphatic imine (C=N–C) groups is 1. The molecule has 142 valence electrons. The Hall–Kier alpha value is -2.19. The highest BCUT2D eigenvalue weighted by Gasteiger charge is 2.34. The number of likely N-dealkylation sites (N-methyl/N-ethyl adjacent to an activating group) is 1. The molecule has 3 rings (SSSR count). The van der Waals surface area contributed by atoms with Crippen molar-refractivity contribution in [2.24, 2.45) is 4.99 Å². The number of hydrogen-bond donors (Lipinski definition) is 2. The number of imide groups is 1. The van der Waals surface area contributed by atoms with Gasteiger partial charge in [0.05, 0.1) is 0 Å². The Kier molecular flexibility index (Phi) is 5.73. The van der Waals surface area contributed by atoms with Gasteiger partial charge >= 0.3 is 6.03 Å². The van der Waals surface area contributed by atoms with Crippen molar-refractivity contribution in [3.8, 4) is 0 Å². The second-order valence-corrected chi connectivity index (χ2v) is 6.90. The highest BCUT2D eigenvalue weighted by Crippen LogP contribution is 2.28. The molecule has 0 radical (unpaired) electrons. The summed E-state index contributed by atoms with van der Waals surface area (Å²) < 4.78 is 5.65. The fourth-order valence-corrected chi connectivity index (χ4v) is 3.43. The van der Waals surface area contributed by atoms with Crippen LogP contribution >= 0.6 is 0 Å². The summed E-state index contributed by atoms with van der Waals surface area (Å²) in [6.07, 6.45) is 1.17. The fraction of sp³-hybridized carbons (Fsp3) is 0.611. The summed E-state index contributed by atoms with van der Waals surface area (Å²) in [6.45, 7) is 12.3. The van der Waals surface area contributed by atoms with E-state index in [0.29, 0.717) is 17.2 Å². The number of rotatable bonds is 5. The maximum Gasteiger partial charge on any atom is 0.322 e. The van der Waals surface area contributed by atoms with Gasteiger partial charge in [-0.3, -0.25) is 20.0 Å². The zero-order chi connectivity index (χ0) is 18.7. The third-order valence-electron chi connectivity index (χ3n) is 4.86. The molecule has 8 nitrogen and oxygen atoms in total. The van der Waals surface area contributed by atoms with Crippen LogP contribution in [0.4, 0.5) is 10.5 Å². The summed E-state index contributed by atoms with van der Waals surface area (Å²) in [5.41, 5.74) is 1.71. The molecule has 0 spiro atoms. The molecule has 1 atom stereocenters. The van der Waals surface area contributed by atoms with Crippen molar-refractivity contribution in [3.05, 3.63) is 17.6 Å². The van der Waals surface area contributed by atoms with E-state index >= 15 is 0 Å². The summed E-state index contributed by atoms with van der Waals surface area (Å²) >= 11 is 0. The van der Waals surface area contributed by atoms with Crippen molar-refractivity contribution in [2.45, 2.75) is 33.2 Å². The SMILES string of the molecule is CCN1CCCN(CC(C)=Nc2cc(C3NC(=O)NC3=O)oc2C)CC1. The van der Waals surface area contributed by atoms with Crippen molar-refractivity contribution in [1.29, 1.82) is 0 Å². The third-order valence-corrected chi connectivity index (χ3v) is 4.86. The van der Waals surface area contributed by atoms with Crippen molar-refractivity contribution >= 4 is 23.3 Å². The lowest BCUT2D eigenvalue weighted by Gasteiger charge is -2.20. The predicted molar refractivity (Wildman–Crippen MR) is 98.8 cm³/mol. The highest BCUT2D eigenvalue weighted by molar-refractivity contribution is 6.04. The number of hydrogen-bond acceptors (Lipinski definition) is 6. The average molecular weight is 361 g/mol. The zero-order valence-electron chi connectivity index (χ0n) is 15.7. The Balaban J connectivity index is 1.65. The largest absolute Gasteiger partial charge is 0.461 e. The topological polar surface area (TPSA) is 90.2 Å². The molecule has 1 unspecified atom stereocenters. The number of carbonyl (C=O) groups is 2. The van der Waals surface area contributed by atoms with Crippen LogP contribution in [0.2, 0.25) is 0 Å². The molecule has 2 saturated heterocycles. The highest BCUT2D eigenvalue weighted by atomic mass is 16.3. The monoisotopic (exact) mass is 361 g/mol. The molecule has 3 heterocycles. The molecule has 1 aromatic rings. The molecular formula is C18H27N5O3. The van der Waals surface area contributed by atoms with Crippen molar-refractivity contribution in [3.63, 3.8) is 0 Å². The maximum absolute atomic E-state index is 11.8. The fourth-order valence-electron chi connectivity index (χ4n) is 3.43. The quantitative estimate of drug-likeness (QED) is 0.614. The Morgan fingerprint density at radius 1 is 1.27 bits per heavy atom. The Morgan fingerprint density at radius 2 is 2.00 bits per heavy atom. The van der Waals surface area contributed by atoms with E-state index in [-0.39, 0.29) is 0 Å². The minimum atomic E-state index is -0.781. The van der Waals surface area contributed by atoms with Crippen molar-refractivity contribution < 1.29 is 14.0 Å². The van der Waals surface area contributed by atoms with Gasteiger partial charge in [0.25, 0.3) is 5.91 Å². The summed E-state index contributed by atoms with van der Waals surface area (Å²) in [6, 6.07) is 0.448. The molecule has 8 heteroatoms. The van der Waals surface area contributed by atoms with E-state index in [2.05, 4.69) is 32.3 Å². The van der Waals surface area contributed by atoms with Crippen LogP contribution in [0.15, 0.2) is 15.5 Å². The number of furan rings is 1. The van der Waals surface area contributed by atoms with Gasteiger partial charge in [0.2, 0.25) is 0 Å². The van der Waals surface area contributed by atoms with Crippen LogP contribution in [-0.2, 0) is 4.79 Å². The second-order valence-electron chi connectivity index (χ2n) is 6.90. The van der Waals surface area contributed by atoms with Gasteiger partial charge in [-0.25, -0.2) is 4.79 Å². The molecule has 26 heavy (non-hydrogen) atoms. The lowest BCUT2D eigenvalue weighted by molar-refractivity contribution is -0.120. The van der Waals surface area contributed by atoms with Crippen LogP contribution in [0.5, 0.6) is 0 Å². The van der Waals surface area contributed by atoms with Gasteiger partial charge in [0, 0.05) is 31.4 Å². The molecular weight excluding hydrogens is 334 g/mol. The summed E-state index contributed by atoms with van der Waals surface area (Å²) in [5, 5.41) is 4.75. The number of aryl methyl sites for hydroxylation is 1. The van der Waals surface area contributed by atoms with Gasteiger partial charge in [-0.2, -0.15) is 0 Å². The van der Waals surface area contributed by atoms with E-state index in [1.807, 2.05) is 13.8 Å². The molecule has 2 aliphatic rings. The van der Waals surface area contributed by atoms with Crippen LogP contribution in [0.3, 0.4) is 0 Å². The van der Waals surface area contributed by atoms with Gasteiger partial charge in [-0.1, -0.05) is 6.92 Å². The first-order chi connectivity index (χ1) is 12.5. The first-order valence-corrected chi connectivity index (χ1v) is 9.17. The Labute approximate surface area is 153 Å². The minimum Gasteiger partial charge on any atom is -0.461 e. The lowest BCUT2D eigenvalue weighted by atomic mass is 10.2. The second kappa shape index (κ2) is 8.01. The van der Waals surface area contributed by atoms with Crippen molar-refractivity contribution in [2.75, 3.05) is 39.3 Å². The maximum atomic E-state index is 11.8. The molecule has 0 bridgehead atoms. The lowest BCUT2D eigenvalue weighted by Crippen LogP contribution is -2.33. The number of nitrogens with one attached hydrogen (secondary N) is 2. The summed E-state index contributed by atoms with van der Waals surface area (Å²) in [7, 11) is 0. The van der Waals surface area contributed by atoms with Gasteiger partial charge in [-0.15, -0.1) is 0 Å². The first-order valence-electron chi connectivity index (χ1n) is 9.17. The summed E-state index contributed by atoms with van der Waals surface area (Å²) in [5.74, 6) is 0.646. The van der Waals surface area contributed by atoms with Gasteiger partial charge in [0.1, 0.15) is 17.2 Å². The number of amides is 3. The molecule has 2 N–H and O–H groups in total. The van der Waals surface area contributed by atoms with Crippen LogP contribution in [0.1, 0.15) is 37.8 Å². The van der Waals surface area contributed by atoms with E-state index in [1.165, 1.54) is 6.42 Å². The van der Waals surface area contributed by atoms with Crippen molar-refractivity contribution in [1.82, 2.24) is 20.4 Å². The van der Waals surface area contributed by atoms with Crippen LogP contribution in [-0.4, -0.2) is 66.7 Å².